The molecule has 15 heavy (non-hydrogen) atoms. The molecule has 0 fully saturated rings. The summed E-state index contributed by atoms with van der Waals surface area (Å²) in [6.45, 7) is 2.05. The van der Waals surface area contributed by atoms with Crippen molar-refractivity contribution in [1.82, 2.24) is 4.98 Å². The van der Waals surface area contributed by atoms with Crippen LogP contribution in [-0.4, -0.2) is 4.98 Å². The average Bonchev–Trinajstić information content (AvgIpc) is 2.84. The zero-order chi connectivity index (χ0) is 10.3. The van der Waals surface area contributed by atoms with Crippen LogP contribution in [0.2, 0.25) is 0 Å². The van der Waals surface area contributed by atoms with E-state index in [0.29, 0.717) is 0 Å². The van der Waals surface area contributed by atoms with Gasteiger partial charge in [0.2, 0.25) is 0 Å². The predicted octanol–water partition coefficient (Wildman–Crippen LogP) is 3.61. The first-order chi connectivity index (χ1) is 7.33. The lowest BCUT2D eigenvalue weighted by Crippen LogP contribution is -1.84. The van der Waals surface area contributed by atoms with Crippen LogP contribution in [-0.2, 0) is 12.8 Å². The molecule has 0 radical (unpaired) electrons. The molecule has 2 heteroatoms. The molecule has 2 aromatic rings. The maximum Gasteiger partial charge on any atom is 0.123 e. The second-order valence-electron chi connectivity index (χ2n) is 4.13. The molecule has 1 aliphatic rings. The molecule has 0 aliphatic heterocycles. The predicted molar refractivity (Wildman–Crippen MR) is 64.3 cm³/mol. The van der Waals surface area contributed by atoms with Crippen LogP contribution in [0.3, 0.4) is 0 Å². The molecule has 1 aromatic carbocycles. The van der Waals surface area contributed by atoms with Crippen LogP contribution in [0.25, 0.3) is 10.6 Å². The molecule has 0 bridgehead atoms. The van der Waals surface area contributed by atoms with Gasteiger partial charge in [0.05, 0.1) is 0 Å². The Hall–Kier alpha value is -1.15. The van der Waals surface area contributed by atoms with Crippen molar-refractivity contribution in [3.05, 3.63) is 40.4 Å². The highest BCUT2D eigenvalue weighted by molar-refractivity contribution is 7.13. The summed E-state index contributed by atoms with van der Waals surface area (Å²) in [6, 6.07) is 6.80. The van der Waals surface area contributed by atoms with E-state index in [0.717, 1.165) is 10.7 Å². The third-order valence-electron chi connectivity index (χ3n) is 2.96. The van der Waals surface area contributed by atoms with Crippen LogP contribution >= 0.6 is 11.3 Å². The van der Waals surface area contributed by atoms with Crippen LogP contribution in [0, 0.1) is 6.92 Å². The number of thiazole rings is 1. The molecule has 76 valence electrons. The first kappa shape index (κ1) is 9.10. The molecule has 0 amide bonds. The largest absolute Gasteiger partial charge is 0.241 e. The van der Waals surface area contributed by atoms with Gasteiger partial charge in [0, 0.05) is 16.6 Å². The SMILES string of the molecule is Cc1csc(-c2ccc3c(c2)CCC3)n1. The summed E-state index contributed by atoms with van der Waals surface area (Å²) in [4.78, 5) is 4.52. The lowest BCUT2D eigenvalue weighted by Gasteiger charge is -2.01. The fourth-order valence-electron chi connectivity index (χ4n) is 2.19. The van der Waals surface area contributed by atoms with Crippen LogP contribution in [0.5, 0.6) is 0 Å². The van der Waals surface area contributed by atoms with E-state index in [1.54, 1.807) is 11.3 Å². The molecule has 0 atom stereocenters. The van der Waals surface area contributed by atoms with Gasteiger partial charge in [-0.15, -0.1) is 11.3 Å². The first-order valence-electron chi connectivity index (χ1n) is 5.37. The minimum absolute atomic E-state index is 1.12. The molecule has 1 aromatic heterocycles. The number of rotatable bonds is 1. The van der Waals surface area contributed by atoms with Crippen molar-refractivity contribution in [2.45, 2.75) is 26.2 Å². The minimum atomic E-state index is 1.12. The summed E-state index contributed by atoms with van der Waals surface area (Å²) in [6.07, 6.45) is 3.82. The van der Waals surface area contributed by atoms with Gasteiger partial charge in [0.1, 0.15) is 5.01 Å². The number of benzene rings is 1. The monoisotopic (exact) mass is 215 g/mol. The Labute approximate surface area is 93.8 Å². The van der Waals surface area contributed by atoms with E-state index in [9.17, 15) is 0 Å². The Morgan fingerprint density at radius 2 is 2.07 bits per heavy atom. The van der Waals surface area contributed by atoms with E-state index in [2.05, 4.69) is 28.6 Å². The highest BCUT2D eigenvalue weighted by atomic mass is 32.1. The number of hydrogen-bond donors (Lipinski definition) is 0. The fraction of sp³-hybridized carbons (Fsp3) is 0.308. The average molecular weight is 215 g/mol. The summed E-state index contributed by atoms with van der Waals surface area (Å²) >= 11 is 1.74. The number of aromatic nitrogens is 1. The summed E-state index contributed by atoms with van der Waals surface area (Å²) in [5, 5.41) is 3.27. The maximum atomic E-state index is 4.52. The van der Waals surface area contributed by atoms with Crippen molar-refractivity contribution in [2.75, 3.05) is 0 Å². The van der Waals surface area contributed by atoms with Crippen LogP contribution < -0.4 is 0 Å². The Morgan fingerprint density at radius 3 is 2.87 bits per heavy atom. The van der Waals surface area contributed by atoms with Gasteiger partial charge in [-0.3, -0.25) is 0 Å². The van der Waals surface area contributed by atoms with E-state index < -0.39 is 0 Å². The molecule has 1 heterocycles. The maximum absolute atomic E-state index is 4.52. The standard InChI is InChI=1S/C13H13NS/c1-9-8-15-13(14-9)12-6-5-10-3-2-4-11(10)7-12/h5-8H,2-4H2,1H3. The molecule has 1 nitrogen and oxygen atoms in total. The van der Waals surface area contributed by atoms with Gasteiger partial charge in [0.25, 0.3) is 0 Å². The van der Waals surface area contributed by atoms with Crippen LogP contribution in [0.1, 0.15) is 23.2 Å². The number of fused-ring (bicyclic) bond motifs is 1. The molecule has 0 spiro atoms. The molecular formula is C13H13NS. The molecule has 0 saturated heterocycles. The Balaban J connectivity index is 2.06. The third-order valence-corrected chi connectivity index (χ3v) is 3.97. The van der Waals surface area contributed by atoms with E-state index in [4.69, 9.17) is 0 Å². The molecule has 0 N–H and O–H groups in total. The lowest BCUT2D eigenvalue weighted by atomic mass is 10.1. The lowest BCUT2D eigenvalue weighted by molar-refractivity contribution is 0.912. The Bertz CT molecular complexity index is 499. The second-order valence-corrected chi connectivity index (χ2v) is 4.99. The topological polar surface area (TPSA) is 12.9 Å². The van der Waals surface area contributed by atoms with Crippen molar-refractivity contribution < 1.29 is 0 Å². The quantitative estimate of drug-likeness (QED) is 0.708. The van der Waals surface area contributed by atoms with E-state index >= 15 is 0 Å². The molecule has 3 rings (SSSR count). The minimum Gasteiger partial charge on any atom is -0.241 e. The van der Waals surface area contributed by atoms with E-state index in [1.165, 1.54) is 36.0 Å². The molecular weight excluding hydrogens is 202 g/mol. The van der Waals surface area contributed by atoms with E-state index in [-0.39, 0.29) is 0 Å². The Morgan fingerprint density at radius 1 is 1.20 bits per heavy atom. The van der Waals surface area contributed by atoms with Crippen LogP contribution in [0.4, 0.5) is 0 Å². The summed E-state index contributed by atoms with van der Waals surface area (Å²) in [5.41, 5.74) is 5.47. The van der Waals surface area contributed by atoms with Gasteiger partial charge < -0.3 is 0 Å². The van der Waals surface area contributed by atoms with Crippen molar-refractivity contribution in [2.24, 2.45) is 0 Å². The van der Waals surface area contributed by atoms with Gasteiger partial charge in [-0.05, 0) is 43.4 Å². The molecule has 0 unspecified atom stereocenters. The van der Waals surface area contributed by atoms with Crippen molar-refractivity contribution >= 4 is 11.3 Å². The summed E-state index contributed by atoms with van der Waals surface area (Å²) in [7, 11) is 0. The zero-order valence-electron chi connectivity index (χ0n) is 8.79. The second kappa shape index (κ2) is 3.46. The fourth-order valence-corrected chi connectivity index (χ4v) is 2.99. The highest BCUT2D eigenvalue weighted by Gasteiger charge is 2.12. The Kier molecular flexibility index (Phi) is 2.10. The van der Waals surface area contributed by atoms with Gasteiger partial charge in [-0.25, -0.2) is 4.98 Å². The van der Waals surface area contributed by atoms with Gasteiger partial charge in [-0.1, -0.05) is 12.1 Å². The molecule has 0 saturated carbocycles. The van der Waals surface area contributed by atoms with Gasteiger partial charge in [-0.2, -0.15) is 0 Å². The zero-order valence-corrected chi connectivity index (χ0v) is 9.60. The van der Waals surface area contributed by atoms with Crippen molar-refractivity contribution in [3.8, 4) is 10.6 Å². The van der Waals surface area contributed by atoms with Gasteiger partial charge >= 0.3 is 0 Å². The number of aryl methyl sites for hydroxylation is 3. The van der Waals surface area contributed by atoms with Gasteiger partial charge in [0.15, 0.2) is 0 Å². The smallest absolute Gasteiger partial charge is 0.123 e. The number of hydrogen-bond acceptors (Lipinski definition) is 2. The van der Waals surface area contributed by atoms with Crippen LogP contribution in [0.15, 0.2) is 23.6 Å². The molecule has 1 aliphatic carbocycles. The van der Waals surface area contributed by atoms with Crippen molar-refractivity contribution in [1.29, 1.82) is 0 Å². The highest BCUT2D eigenvalue weighted by Crippen LogP contribution is 2.29. The van der Waals surface area contributed by atoms with E-state index in [1.807, 2.05) is 6.92 Å². The summed E-state index contributed by atoms with van der Waals surface area (Å²) in [5.74, 6) is 0. The summed E-state index contributed by atoms with van der Waals surface area (Å²) < 4.78 is 0. The first-order valence-corrected chi connectivity index (χ1v) is 6.25. The van der Waals surface area contributed by atoms with Crippen molar-refractivity contribution in [3.63, 3.8) is 0 Å². The number of nitrogens with zero attached hydrogens (tertiary/aromatic N) is 1. The third kappa shape index (κ3) is 1.59. The normalized spacial score (nSPS) is 14.2.